The lowest BCUT2D eigenvalue weighted by molar-refractivity contribution is 1.07. The van der Waals surface area contributed by atoms with E-state index in [4.69, 9.17) is 34.8 Å². The number of rotatable bonds is 2. The molecule has 0 aliphatic rings. The first-order chi connectivity index (χ1) is 5.58. The number of alkyl halides is 3. The topological polar surface area (TPSA) is 0 Å². The lowest BCUT2D eigenvalue weighted by atomic mass is 10.1. The van der Waals surface area contributed by atoms with Crippen LogP contribution in [-0.2, 0) is 6.42 Å². The molecule has 0 atom stereocenters. The fraction of sp³-hybridized carbons (Fsp3) is 0.222. The van der Waals surface area contributed by atoms with E-state index in [9.17, 15) is 0 Å². The molecule has 65 valence electrons. The first-order valence-electron chi connectivity index (χ1n) is 3.53. The maximum Gasteiger partial charge on any atom is 0.194 e. The second kappa shape index (κ2) is 4.36. The van der Waals surface area contributed by atoms with E-state index in [1.54, 1.807) is 6.42 Å². The van der Waals surface area contributed by atoms with Crippen LogP contribution < -0.4 is 0 Å². The average Bonchev–Trinajstić information content (AvgIpc) is 2.02. The van der Waals surface area contributed by atoms with E-state index < -0.39 is 3.79 Å². The highest BCUT2D eigenvalue weighted by atomic mass is 35.6. The summed E-state index contributed by atoms with van der Waals surface area (Å²) < 4.78 is -1.25. The molecule has 0 bridgehead atoms. The molecule has 1 aromatic rings. The molecule has 1 rings (SSSR count). The van der Waals surface area contributed by atoms with Crippen molar-refractivity contribution in [1.29, 1.82) is 0 Å². The summed E-state index contributed by atoms with van der Waals surface area (Å²) in [7, 11) is 0. The van der Waals surface area contributed by atoms with Crippen LogP contribution in [0.3, 0.4) is 0 Å². The minimum atomic E-state index is -1.25. The standard InChI is InChI=1S/C9H8Cl3/c10-9(11,12)7-6-8-4-2-1-3-5-8/h1-5,7H,6H2. The van der Waals surface area contributed by atoms with E-state index in [0.717, 1.165) is 5.56 Å². The summed E-state index contributed by atoms with van der Waals surface area (Å²) in [5.74, 6) is 0. The van der Waals surface area contributed by atoms with Crippen molar-refractivity contribution in [2.24, 2.45) is 0 Å². The van der Waals surface area contributed by atoms with Crippen molar-refractivity contribution < 1.29 is 0 Å². The van der Waals surface area contributed by atoms with Gasteiger partial charge in [-0.3, -0.25) is 0 Å². The van der Waals surface area contributed by atoms with Crippen LogP contribution in [0.4, 0.5) is 0 Å². The molecule has 1 aromatic carbocycles. The highest BCUT2D eigenvalue weighted by molar-refractivity contribution is 6.68. The molecule has 0 amide bonds. The van der Waals surface area contributed by atoms with Gasteiger partial charge in [0.05, 0.1) is 0 Å². The summed E-state index contributed by atoms with van der Waals surface area (Å²) in [4.78, 5) is 0. The lowest BCUT2D eigenvalue weighted by Gasteiger charge is -2.08. The Balaban J connectivity index is 2.44. The van der Waals surface area contributed by atoms with Crippen LogP contribution in [0.5, 0.6) is 0 Å². The Bertz CT molecular complexity index is 225. The SMILES string of the molecule is ClC(Cl)(Cl)[CH]Cc1ccccc1. The minimum Gasteiger partial charge on any atom is -0.0833 e. The van der Waals surface area contributed by atoms with Gasteiger partial charge in [0.1, 0.15) is 0 Å². The van der Waals surface area contributed by atoms with Gasteiger partial charge in [0.2, 0.25) is 0 Å². The van der Waals surface area contributed by atoms with Gasteiger partial charge in [0.15, 0.2) is 3.79 Å². The smallest absolute Gasteiger partial charge is 0.0833 e. The molecule has 0 fully saturated rings. The van der Waals surface area contributed by atoms with E-state index in [0.29, 0.717) is 6.42 Å². The molecule has 0 heterocycles. The average molecular weight is 223 g/mol. The molecule has 0 aliphatic heterocycles. The lowest BCUT2D eigenvalue weighted by Crippen LogP contribution is -2.04. The van der Waals surface area contributed by atoms with E-state index in [-0.39, 0.29) is 0 Å². The van der Waals surface area contributed by atoms with Crippen molar-refractivity contribution in [3.8, 4) is 0 Å². The second-order valence-corrected chi connectivity index (χ2v) is 4.80. The molecule has 0 saturated carbocycles. The zero-order chi connectivity index (χ0) is 9.03. The molecule has 0 nitrogen and oxygen atoms in total. The monoisotopic (exact) mass is 221 g/mol. The van der Waals surface area contributed by atoms with Crippen molar-refractivity contribution in [2.75, 3.05) is 0 Å². The van der Waals surface area contributed by atoms with Gasteiger partial charge < -0.3 is 0 Å². The number of halogens is 3. The molecule has 0 aliphatic carbocycles. The van der Waals surface area contributed by atoms with Gasteiger partial charge in [-0.05, 0) is 12.0 Å². The van der Waals surface area contributed by atoms with E-state index in [1.165, 1.54) is 0 Å². The highest BCUT2D eigenvalue weighted by Gasteiger charge is 2.18. The van der Waals surface area contributed by atoms with E-state index >= 15 is 0 Å². The zero-order valence-corrected chi connectivity index (χ0v) is 8.57. The first-order valence-corrected chi connectivity index (χ1v) is 4.66. The highest BCUT2D eigenvalue weighted by Crippen LogP contribution is 2.30. The summed E-state index contributed by atoms with van der Waals surface area (Å²) in [6, 6.07) is 9.86. The minimum absolute atomic E-state index is 0.678. The van der Waals surface area contributed by atoms with Crippen LogP contribution in [-0.4, -0.2) is 3.79 Å². The van der Waals surface area contributed by atoms with Gasteiger partial charge >= 0.3 is 0 Å². The molecular formula is C9H8Cl3. The van der Waals surface area contributed by atoms with Gasteiger partial charge in [-0.2, -0.15) is 0 Å². The third kappa shape index (κ3) is 4.20. The number of benzene rings is 1. The summed E-state index contributed by atoms with van der Waals surface area (Å²) in [6.07, 6.45) is 2.32. The van der Waals surface area contributed by atoms with Crippen LogP contribution in [0.1, 0.15) is 5.56 Å². The zero-order valence-electron chi connectivity index (χ0n) is 6.31. The molecule has 1 radical (unpaired) electrons. The molecular weight excluding hydrogens is 214 g/mol. The molecule has 0 unspecified atom stereocenters. The van der Waals surface area contributed by atoms with Gasteiger partial charge in [-0.15, -0.1) is 0 Å². The maximum absolute atomic E-state index is 5.56. The predicted molar refractivity (Wildman–Crippen MR) is 54.7 cm³/mol. The molecule has 0 spiro atoms. The molecule has 12 heavy (non-hydrogen) atoms. The molecule has 0 saturated heterocycles. The summed E-state index contributed by atoms with van der Waals surface area (Å²) in [6.45, 7) is 0. The third-order valence-corrected chi connectivity index (χ3v) is 1.87. The Morgan fingerprint density at radius 1 is 1.08 bits per heavy atom. The Kier molecular flexibility index (Phi) is 3.70. The van der Waals surface area contributed by atoms with Crippen LogP contribution in [0.25, 0.3) is 0 Å². The summed E-state index contributed by atoms with van der Waals surface area (Å²) in [5.41, 5.74) is 1.14. The van der Waals surface area contributed by atoms with Crippen LogP contribution >= 0.6 is 34.8 Å². The first kappa shape index (κ1) is 10.2. The Hall–Kier alpha value is 0.0900. The van der Waals surface area contributed by atoms with E-state index in [2.05, 4.69) is 0 Å². The van der Waals surface area contributed by atoms with Crippen LogP contribution in [0.15, 0.2) is 30.3 Å². The van der Waals surface area contributed by atoms with Gasteiger partial charge in [0.25, 0.3) is 0 Å². The quantitative estimate of drug-likeness (QED) is 0.668. The third-order valence-electron chi connectivity index (χ3n) is 1.41. The molecule has 0 aromatic heterocycles. The molecule has 3 heteroatoms. The van der Waals surface area contributed by atoms with E-state index in [1.807, 2.05) is 30.3 Å². The number of hydrogen-bond donors (Lipinski definition) is 0. The number of hydrogen-bond acceptors (Lipinski definition) is 0. The second-order valence-electron chi connectivity index (χ2n) is 2.44. The predicted octanol–water partition coefficient (Wildman–Crippen LogP) is 3.80. The van der Waals surface area contributed by atoms with Crippen LogP contribution in [0, 0.1) is 6.42 Å². The van der Waals surface area contributed by atoms with Crippen molar-refractivity contribution in [3.05, 3.63) is 42.3 Å². The van der Waals surface area contributed by atoms with Gasteiger partial charge in [0, 0.05) is 6.42 Å². The van der Waals surface area contributed by atoms with Gasteiger partial charge in [-0.1, -0.05) is 65.1 Å². The van der Waals surface area contributed by atoms with Crippen molar-refractivity contribution >= 4 is 34.8 Å². The Morgan fingerprint density at radius 2 is 1.67 bits per heavy atom. The largest absolute Gasteiger partial charge is 0.194 e. The fourth-order valence-corrected chi connectivity index (χ4v) is 1.08. The normalized spacial score (nSPS) is 11.6. The van der Waals surface area contributed by atoms with Gasteiger partial charge in [-0.25, -0.2) is 0 Å². The summed E-state index contributed by atoms with van der Waals surface area (Å²) in [5, 5.41) is 0. The fourth-order valence-electron chi connectivity index (χ4n) is 0.848. The van der Waals surface area contributed by atoms with Crippen molar-refractivity contribution in [1.82, 2.24) is 0 Å². The Labute approximate surface area is 87.4 Å². The van der Waals surface area contributed by atoms with Crippen molar-refractivity contribution in [2.45, 2.75) is 10.2 Å². The Morgan fingerprint density at radius 3 is 2.17 bits per heavy atom. The molecule has 0 N–H and O–H groups in total. The maximum atomic E-state index is 5.56. The van der Waals surface area contributed by atoms with Crippen molar-refractivity contribution in [3.63, 3.8) is 0 Å². The summed E-state index contributed by atoms with van der Waals surface area (Å²) >= 11 is 16.7. The van der Waals surface area contributed by atoms with Crippen LogP contribution in [0.2, 0.25) is 0 Å².